The minimum atomic E-state index is 0.768. The van der Waals surface area contributed by atoms with Gasteiger partial charge in [-0.1, -0.05) is 140 Å². The van der Waals surface area contributed by atoms with E-state index in [1.165, 1.54) is 16.3 Å². The number of aromatic nitrogens is 1. The summed E-state index contributed by atoms with van der Waals surface area (Å²) in [6, 6.07) is 65.8. The maximum Gasteiger partial charge on any atom is 0.143 e. The van der Waals surface area contributed by atoms with Crippen molar-refractivity contribution in [1.82, 2.24) is 4.57 Å². The van der Waals surface area contributed by atoms with Gasteiger partial charge in [-0.05, 0) is 65.2 Å². The van der Waals surface area contributed by atoms with E-state index in [1.54, 1.807) is 0 Å². The van der Waals surface area contributed by atoms with Crippen molar-refractivity contribution in [3.63, 3.8) is 0 Å². The van der Waals surface area contributed by atoms with Gasteiger partial charge in [0.15, 0.2) is 0 Å². The second-order valence-electron chi connectivity index (χ2n) is 12.9. The minimum absolute atomic E-state index is 0.768. The molecule has 0 amide bonds. The molecular formula is C48H31NO2. The molecule has 0 atom stereocenters. The molecule has 0 spiro atoms. The van der Waals surface area contributed by atoms with Gasteiger partial charge < -0.3 is 14.0 Å². The van der Waals surface area contributed by atoms with Crippen molar-refractivity contribution >= 4 is 21.8 Å². The van der Waals surface area contributed by atoms with Crippen molar-refractivity contribution in [2.45, 2.75) is 0 Å². The third-order valence-corrected chi connectivity index (χ3v) is 9.89. The summed E-state index contributed by atoms with van der Waals surface area (Å²) in [7, 11) is 0. The zero-order valence-corrected chi connectivity index (χ0v) is 27.7. The first-order chi connectivity index (χ1) is 25.3. The van der Waals surface area contributed by atoms with Crippen LogP contribution in [0, 0.1) is 0 Å². The van der Waals surface area contributed by atoms with Crippen molar-refractivity contribution in [3.8, 4) is 73.2 Å². The van der Waals surface area contributed by atoms with E-state index >= 15 is 0 Å². The van der Waals surface area contributed by atoms with Gasteiger partial charge >= 0.3 is 0 Å². The Balaban J connectivity index is 1.24. The molecule has 3 nitrogen and oxygen atoms in total. The summed E-state index contributed by atoms with van der Waals surface area (Å²) in [4.78, 5) is 0. The first-order valence-electron chi connectivity index (χ1n) is 17.3. The van der Waals surface area contributed by atoms with Gasteiger partial charge in [-0.15, -0.1) is 0 Å². The van der Waals surface area contributed by atoms with Crippen LogP contribution in [-0.4, -0.2) is 4.57 Å². The standard InChI is InChI=1S/C48H31NO2/c1-3-14-32(15-4-1)33-26-29-41-42-22-13-21-36(48(42)51-46-25-12-9-20-40(46)39-19-8-11-24-45(39)50-47(41)31-33)34-27-28-38-37-18-7-10-23-43(37)49(44(38)30-34)35-16-5-2-6-17-35/h1-31H. The van der Waals surface area contributed by atoms with Crippen molar-refractivity contribution in [3.05, 3.63) is 188 Å². The molecule has 1 aromatic heterocycles. The number of para-hydroxylation sites is 5. The zero-order chi connectivity index (χ0) is 33.7. The Hall–Kier alpha value is -6.84. The largest absolute Gasteiger partial charge is 0.456 e. The van der Waals surface area contributed by atoms with E-state index in [1.807, 2.05) is 36.4 Å². The number of fused-ring (bicyclic) bond motifs is 9. The van der Waals surface area contributed by atoms with Crippen LogP contribution in [0.1, 0.15) is 0 Å². The van der Waals surface area contributed by atoms with Crippen LogP contribution in [0.5, 0.6) is 23.0 Å². The third-order valence-electron chi connectivity index (χ3n) is 9.89. The van der Waals surface area contributed by atoms with Gasteiger partial charge in [0.2, 0.25) is 0 Å². The fraction of sp³-hybridized carbons (Fsp3) is 0. The highest BCUT2D eigenvalue weighted by Crippen LogP contribution is 2.50. The molecule has 0 radical (unpaired) electrons. The predicted molar refractivity (Wildman–Crippen MR) is 209 cm³/mol. The fourth-order valence-electron chi connectivity index (χ4n) is 7.50. The Morgan fingerprint density at radius 2 is 0.902 bits per heavy atom. The Bertz CT molecular complexity index is 2740. The molecule has 0 aliphatic carbocycles. The van der Waals surface area contributed by atoms with E-state index in [-0.39, 0.29) is 0 Å². The third kappa shape index (κ3) is 4.90. The SMILES string of the molecule is c1ccc(-c2ccc3c(c2)Oc2ccccc2-c2ccccc2Oc2c(-c4ccc5c6ccccc6n(-c6ccccc6)c5c4)cccc2-3)cc1. The number of hydrogen-bond donors (Lipinski definition) is 0. The van der Waals surface area contributed by atoms with Crippen LogP contribution in [0.25, 0.3) is 72.0 Å². The topological polar surface area (TPSA) is 23.4 Å². The first kappa shape index (κ1) is 29.1. The second-order valence-corrected chi connectivity index (χ2v) is 12.9. The van der Waals surface area contributed by atoms with Crippen molar-refractivity contribution in [2.75, 3.05) is 0 Å². The Morgan fingerprint density at radius 1 is 0.314 bits per heavy atom. The molecule has 2 heterocycles. The van der Waals surface area contributed by atoms with Gasteiger partial charge in [-0.3, -0.25) is 0 Å². The monoisotopic (exact) mass is 653 g/mol. The lowest BCUT2D eigenvalue weighted by atomic mass is 9.93. The summed E-state index contributed by atoms with van der Waals surface area (Å²) in [5.74, 6) is 3.10. The summed E-state index contributed by atoms with van der Waals surface area (Å²) in [6.45, 7) is 0. The molecule has 9 aromatic rings. The van der Waals surface area contributed by atoms with Gasteiger partial charge in [0.1, 0.15) is 23.0 Å². The maximum atomic E-state index is 7.16. The molecule has 51 heavy (non-hydrogen) atoms. The highest BCUT2D eigenvalue weighted by atomic mass is 16.5. The lowest BCUT2D eigenvalue weighted by Crippen LogP contribution is -1.99. The molecule has 1 aliphatic heterocycles. The number of benzene rings is 8. The van der Waals surface area contributed by atoms with Crippen LogP contribution in [-0.2, 0) is 0 Å². The van der Waals surface area contributed by atoms with E-state index in [0.717, 1.165) is 78.7 Å². The van der Waals surface area contributed by atoms with Crippen molar-refractivity contribution in [1.29, 1.82) is 0 Å². The Morgan fingerprint density at radius 3 is 1.71 bits per heavy atom. The average Bonchev–Trinajstić information content (AvgIpc) is 3.53. The van der Waals surface area contributed by atoms with E-state index in [0.29, 0.717) is 0 Å². The summed E-state index contributed by atoms with van der Waals surface area (Å²) in [5, 5.41) is 2.43. The Labute approximate surface area is 296 Å². The highest BCUT2D eigenvalue weighted by Gasteiger charge is 2.24. The average molecular weight is 654 g/mol. The smallest absolute Gasteiger partial charge is 0.143 e. The zero-order valence-electron chi connectivity index (χ0n) is 27.7. The lowest BCUT2D eigenvalue weighted by molar-refractivity contribution is 0.473. The molecule has 0 saturated carbocycles. The van der Waals surface area contributed by atoms with Crippen LogP contribution >= 0.6 is 0 Å². The summed E-state index contributed by atoms with van der Waals surface area (Å²) in [5.41, 5.74) is 11.6. The Kier molecular flexibility index (Phi) is 6.81. The fourth-order valence-corrected chi connectivity index (χ4v) is 7.50. The van der Waals surface area contributed by atoms with Crippen LogP contribution in [0.2, 0.25) is 0 Å². The van der Waals surface area contributed by atoms with Crippen LogP contribution in [0.15, 0.2) is 188 Å². The lowest BCUT2D eigenvalue weighted by Gasteiger charge is -2.23. The molecular weight excluding hydrogens is 623 g/mol. The molecule has 240 valence electrons. The van der Waals surface area contributed by atoms with Gasteiger partial charge in [0, 0.05) is 44.3 Å². The molecule has 0 unspecified atom stereocenters. The second kappa shape index (κ2) is 11.9. The first-order valence-corrected chi connectivity index (χ1v) is 17.3. The number of nitrogens with zero attached hydrogens (tertiary/aromatic N) is 1. The molecule has 1 aliphatic rings. The minimum Gasteiger partial charge on any atom is -0.456 e. The molecule has 0 fully saturated rings. The number of hydrogen-bond acceptors (Lipinski definition) is 2. The highest BCUT2D eigenvalue weighted by molar-refractivity contribution is 6.10. The maximum absolute atomic E-state index is 7.16. The number of ether oxygens (including phenoxy) is 2. The summed E-state index contributed by atoms with van der Waals surface area (Å²) in [6.07, 6.45) is 0. The molecule has 8 aromatic carbocycles. The van der Waals surface area contributed by atoms with E-state index < -0.39 is 0 Å². The molecule has 0 saturated heterocycles. The van der Waals surface area contributed by atoms with Crippen molar-refractivity contribution < 1.29 is 9.47 Å². The van der Waals surface area contributed by atoms with Gasteiger partial charge in [-0.25, -0.2) is 0 Å². The van der Waals surface area contributed by atoms with Crippen LogP contribution < -0.4 is 9.47 Å². The molecule has 0 bridgehead atoms. The van der Waals surface area contributed by atoms with Crippen molar-refractivity contribution in [2.24, 2.45) is 0 Å². The summed E-state index contributed by atoms with van der Waals surface area (Å²) < 4.78 is 16.5. The molecule has 0 N–H and O–H groups in total. The quantitative estimate of drug-likeness (QED) is 0.189. The van der Waals surface area contributed by atoms with Gasteiger partial charge in [0.25, 0.3) is 0 Å². The van der Waals surface area contributed by atoms with E-state index in [2.05, 4.69) is 156 Å². The van der Waals surface area contributed by atoms with Gasteiger partial charge in [-0.2, -0.15) is 0 Å². The van der Waals surface area contributed by atoms with Crippen LogP contribution in [0.4, 0.5) is 0 Å². The summed E-state index contributed by atoms with van der Waals surface area (Å²) >= 11 is 0. The van der Waals surface area contributed by atoms with Gasteiger partial charge in [0.05, 0.1) is 11.0 Å². The van der Waals surface area contributed by atoms with Crippen LogP contribution in [0.3, 0.4) is 0 Å². The van der Waals surface area contributed by atoms with E-state index in [9.17, 15) is 0 Å². The normalized spacial score (nSPS) is 11.8. The predicted octanol–water partition coefficient (Wildman–Crippen LogP) is 13.3. The van der Waals surface area contributed by atoms with E-state index in [4.69, 9.17) is 9.47 Å². The number of rotatable bonds is 3. The molecule has 3 heteroatoms. The molecule has 10 rings (SSSR count).